The van der Waals surface area contributed by atoms with E-state index >= 15 is 0 Å². The predicted molar refractivity (Wildman–Crippen MR) is 86.5 cm³/mol. The number of carboxylic acids is 1. The highest BCUT2D eigenvalue weighted by Gasteiger charge is 2.24. The van der Waals surface area contributed by atoms with Crippen LogP contribution < -0.4 is 0 Å². The van der Waals surface area contributed by atoms with E-state index in [9.17, 15) is 15.0 Å². The van der Waals surface area contributed by atoms with Gasteiger partial charge in [0.15, 0.2) is 0 Å². The van der Waals surface area contributed by atoms with Crippen molar-refractivity contribution in [1.82, 2.24) is 0 Å². The molecule has 0 aromatic carbocycles. The molecule has 0 aromatic rings. The van der Waals surface area contributed by atoms with Gasteiger partial charge in [0.25, 0.3) is 0 Å². The topological polar surface area (TPSA) is 98.0 Å². The van der Waals surface area contributed by atoms with Crippen molar-refractivity contribution < 1.29 is 25.2 Å². The molecule has 0 heterocycles. The second-order valence-corrected chi connectivity index (χ2v) is 5.14. The van der Waals surface area contributed by atoms with Crippen molar-refractivity contribution in [3.63, 3.8) is 0 Å². The highest BCUT2D eigenvalue weighted by atomic mass is 16.4. The molecule has 22 heavy (non-hydrogen) atoms. The lowest BCUT2D eigenvalue weighted by atomic mass is 10.0. The van der Waals surface area contributed by atoms with Crippen LogP contribution in [0.3, 0.4) is 0 Å². The van der Waals surface area contributed by atoms with Crippen molar-refractivity contribution in [2.45, 2.75) is 57.7 Å². The summed E-state index contributed by atoms with van der Waals surface area (Å²) in [4.78, 5) is 11.0. The van der Waals surface area contributed by atoms with Crippen LogP contribution in [-0.2, 0) is 4.79 Å². The van der Waals surface area contributed by atoms with Crippen LogP contribution in [0, 0.1) is 0 Å². The molecule has 0 rings (SSSR count). The molecule has 0 aliphatic carbocycles. The summed E-state index contributed by atoms with van der Waals surface area (Å²) in [5.41, 5.74) is -0.356. The second kappa shape index (κ2) is 13.2. The van der Waals surface area contributed by atoms with Crippen LogP contribution in [0.15, 0.2) is 36.0 Å². The fraction of sp³-hybridized carbons (Fsp3) is 0.588. The smallest absolute Gasteiger partial charge is 0.334 e. The van der Waals surface area contributed by atoms with Crippen molar-refractivity contribution in [2.75, 3.05) is 6.61 Å². The highest BCUT2D eigenvalue weighted by Crippen LogP contribution is 2.08. The van der Waals surface area contributed by atoms with E-state index in [1.54, 1.807) is 6.08 Å². The van der Waals surface area contributed by atoms with Crippen LogP contribution in [0.5, 0.6) is 0 Å². The summed E-state index contributed by atoms with van der Waals surface area (Å²) >= 11 is 0. The van der Waals surface area contributed by atoms with Gasteiger partial charge in [-0.15, -0.1) is 0 Å². The molecule has 0 bridgehead atoms. The Hall–Kier alpha value is -1.43. The SMILES string of the molecule is CCCCCCCC=CC=CC=C(C(=O)O)C(O)[C@@H](O)CO. The van der Waals surface area contributed by atoms with Gasteiger partial charge in [0.05, 0.1) is 12.2 Å². The molecule has 5 heteroatoms. The number of aliphatic hydroxyl groups is 3. The first-order valence-electron chi connectivity index (χ1n) is 7.78. The number of carbonyl (C=O) groups is 1. The van der Waals surface area contributed by atoms with Crippen molar-refractivity contribution in [3.8, 4) is 0 Å². The summed E-state index contributed by atoms with van der Waals surface area (Å²) in [6.07, 6.45) is 12.2. The lowest BCUT2D eigenvalue weighted by molar-refractivity contribution is -0.134. The number of allylic oxidation sites excluding steroid dienone is 5. The molecular weight excluding hydrogens is 284 g/mol. The molecule has 0 spiro atoms. The Morgan fingerprint density at radius 2 is 1.73 bits per heavy atom. The normalized spacial score (nSPS) is 15.5. The first-order chi connectivity index (χ1) is 10.5. The van der Waals surface area contributed by atoms with E-state index in [0.717, 1.165) is 12.8 Å². The molecule has 0 aliphatic heterocycles. The quantitative estimate of drug-likeness (QED) is 0.251. The summed E-state index contributed by atoms with van der Waals surface area (Å²) in [7, 11) is 0. The van der Waals surface area contributed by atoms with Crippen LogP contribution in [0.1, 0.15) is 45.4 Å². The third-order valence-electron chi connectivity index (χ3n) is 3.23. The van der Waals surface area contributed by atoms with Gasteiger partial charge in [-0.3, -0.25) is 0 Å². The van der Waals surface area contributed by atoms with E-state index < -0.39 is 24.8 Å². The fourth-order valence-electron chi connectivity index (χ4n) is 1.87. The Morgan fingerprint density at radius 3 is 2.32 bits per heavy atom. The van der Waals surface area contributed by atoms with E-state index in [1.807, 2.05) is 12.2 Å². The Balaban J connectivity index is 4.25. The van der Waals surface area contributed by atoms with E-state index in [0.29, 0.717) is 0 Å². The number of rotatable bonds is 12. The van der Waals surface area contributed by atoms with Crippen molar-refractivity contribution in [1.29, 1.82) is 0 Å². The molecule has 2 atom stereocenters. The Labute approximate surface area is 132 Å². The van der Waals surface area contributed by atoms with E-state index in [2.05, 4.69) is 6.92 Å². The zero-order valence-corrected chi connectivity index (χ0v) is 13.2. The van der Waals surface area contributed by atoms with Gasteiger partial charge in [-0.1, -0.05) is 56.9 Å². The number of aliphatic carboxylic acids is 1. The molecule has 0 saturated carbocycles. The maximum absolute atomic E-state index is 11.0. The molecule has 0 aromatic heterocycles. The number of carboxylic acid groups (broad SMARTS) is 1. The highest BCUT2D eigenvalue weighted by molar-refractivity contribution is 5.88. The van der Waals surface area contributed by atoms with Gasteiger partial charge in [-0.25, -0.2) is 4.79 Å². The first-order valence-corrected chi connectivity index (χ1v) is 7.78. The number of aliphatic hydroxyl groups excluding tert-OH is 3. The summed E-state index contributed by atoms with van der Waals surface area (Å²) in [6.45, 7) is 1.48. The van der Waals surface area contributed by atoms with Crippen molar-refractivity contribution in [3.05, 3.63) is 36.0 Å². The van der Waals surface area contributed by atoms with Gasteiger partial charge in [-0.2, -0.15) is 0 Å². The molecule has 4 N–H and O–H groups in total. The Kier molecular flexibility index (Phi) is 12.4. The van der Waals surface area contributed by atoms with Crippen LogP contribution >= 0.6 is 0 Å². The molecule has 0 aliphatic rings. The average molecular weight is 312 g/mol. The molecule has 1 unspecified atom stereocenters. The second-order valence-electron chi connectivity index (χ2n) is 5.14. The van der Waals surface area contributed by atoms with Crippen molar-refractivity contribution in [2.24, 2.45) is 0 Å². The Bertz CT molecular complexity index is 385. The monoisotopic (exact) mass is 312 g/mol. The standard InChI is InChI=1S/C17H28O5/c1-2-3-4-5-6-7-8-9-10-11-12-14(17(21)22)16(20)15(19)13-18/h8-12,15-16,18-20H,2-7,13H2,1H3,(H,21,22)/t15-,16?/m0/s1. The van der Waals surface area contributed by atoms with E-state index in [4.69, 9.17) is 10.2 Å². The zero-order chi connectivity index (χ0) is 16.8. The average Bonchev–Trinajstić information content (AvgIpc) is 2.51. The zero-order valence-electron chi connectivity index (χ0n) is 13.2. The number of hydrogen-bond acceptors (Lipinski definition) is 4. The number of hydrogen-bond donors (Lipinski definition) is 4. The molecule has 0 amide bonds. The minimum absolute atomic E-state index is 0.356. The molecule has 0 saturated heterocycles. The van der Waals surface area contributed by atoms with Crippen LogP contribution in [0.2, 0.25) is 0 Å². The molecule has 5 nitrogen and oxygen atoms in total. The summed E-state index contributed by atoms with van der Waals surface area (Å²) in [6, 6.07) is 0. The maximum Gasteiger partial charge on any atom is 0.334 e. The van der Waals surface area contributed by atoms with E-state index in [-0.39, 0.29) is 5.57 Å². The third kappa shape index (κ3) is 9.50. The van der Waals surface area contributed by atoms with Gasteiger partial charge >= 0.3 is 5.97 Å². The van der Waals surface area contributed by atoms with Gasteiger partial charge in [-0.05, 0) is 18.9 Å². The van der Waals surface area contributed by atoms with Crippen molar-refractivity contribution >= 4 is 5.97 Å². The van der Waals surface area contributed by atoms with Gasteiger partial charge in [0.2, 0.25) is 0 Å². The van der Waals surface area contributed by atoms with E-state index in [1.165, 1.54) is 37.8 Å². The van der Waals surface area contributed by atoms with Crippen LogP contribution in [0.25, 0.3) is 0 Å². The molecule has 0 fully saturated rings. The van der Waals surface area contributed by atoms with Gasteiger partial charge in [0.1, 0.15) is 12.2 Å². The minimum Gasteiger partial charge on any atom is -0.478 e. The molecular formula is C17H28O5. The molecule has 126 valence electrons. The molecule has 0 radical (unpaired) electrons. The minimum atomic E-state index is -1.62. The lowest BCUT2D eigenvalue weighted by Crippen LogP contribution is -2.33. The summed E-state index contributed by atoms with van der Waals surface area (Å²) in [5, 5.41) is 36.5. The first kappa shape index (κ1) is 20.6. The number of unbranched alkanes of at least 4 members (excludes halogenated alkanes) is 5. The van der Waals surface area contributed by atoms with Crippen LogP contribution in [0.4, 0.5) is 0 Å². The Morgan fingerprint density at radius 1 is 1.05 bits per heavy atom. The maximum atomic E-state index is 11.0. The van der Waals surface area contributed by atoms with Gasteiger partial charge in [0, 0.05) is 0 Å². The lowest BCUT2D eigenvalue weighted by Gasteiger charge is -2.15. The summed E-state index contributed by atoms with van der Waals surface area (Å²) in [5.74, 6) is -1.33. The fourth-order valence-corrected chi connectivity index (χ4v) is 1.87. The summed E-state index contributed by atoms with van der Waals surface area (Å²) < 4.78 is 0. The van der Waals surface area contributed by atoms with Crippen LogP contribution in [-0.4, -0.2) is 45.2 Å². The largest absolute Gasteiger partial charge is 0.478 e. The third-order valence-corrected chi connectivity index (χ3v) is 3.23. The predicted octanol–water partition coefficient (Wildman–Crippen LogP) is 2.18. The van der Waals surface area contributed by atoms with Gasteiger partial charge < -0.3 is 20.4 Å².